The van der Waals surface area contributed by atoms with Gasteiger partial charge in [-0.3, -0.25) is 14.6 Å². The number of aliphatic carboxylic acids is 1. The van der Waals surface area contributed by atoms with E-state index >= 15 is 8.78 Å². The second kappa shape index (κ2) is 12.9. The summed E-state index contributed by atoms with van der Waals surface area (Å²) in [4.78, 5) is 16.7. The number of anilines is 1. The van der Waals surface area contributed by atoms with E-state index in [1.54, 1.807) is 12.1 Å². The molecule has 2 saturated heterocycles. The maximum atomic E-state index is 16.2. The minimum Gasteiger partial charge on any atom is -0.489 e. The first kappa shape index (κ1) is 32.3. The molecule has 6 rings (SSSR count). The third-order valence-electron chi connectivity index (χ3n) is 9.77. The molecule has 3 aromatic rings. The smallest absolute Gasteiger partial charge is 0.317 e. The lowest BCUT2D eigenvalue weighted by atomic mass is 9.79. The average molecular weight is 640 g/mol. The molecule has 3 heterocycles. The van der Waals surface area contributed by atoms with E-state index in [-0.39, 0.29) is 17.5 Å². The van der Waals surface area contributed by atoms with Gasteiger partial charge in [0, 0.05) is 49.3 Å². The lowest BCUT2D eigenvalue weighted by Crippen LogP contribution is -2.48. The standard InChI is InChI=1S/C36H41F4N3O3/c1-24-15-26-16-28(46-20-25-7-4-3-5-8-25)9-10-29(26)34(43(24)21-35(2,39)40)33-30(37)17-27(18-31(33)38)42-14-12-36(23-42)11-6-13-41(22-36)19-32(44)45/h3-5,7-10,16-18,24,34H,6,11-15,19-23H2,1-2H3,(H,44,45)/t24-,34?,36?/m1/s1. The van der Waals surface area contributed by atoms with Crippen LogP contribution in [0.1, 0.15) is 61.4 Å². The van der Waals surface area contributed by atoms with E-state index in [9.17, 15) is 18.7 Å². The van der Waals surface area contributed by atoms with Crippen LogP contribution in [0.5, 0.6) is 5.75 Å². The predicted molar refractivity (Wildman–Crippen MR) is 168 cm³/mol. The van der Waals surface area contributed by atoms with Gasteiger partial charge in [0.05, 0.1) is 19.1 Å². The van der Waals surface area contributed by atoms with Crippen LogP contribution in [0.3, 0.4) is 0 Å². The van der Waals surface area contributed by atoms with Crippen LogP contribution in [-0.4, -0.2) is 72.1 Å². The molecule has 46 heavy (non-hydrogen) atoms. The summed E-state index contributed by atoms with van der Waals surface area (Å²) in [7, 11) is 0. The third-order valence-corrected chi connectivity index (χ3v) is 9.77. The minimum atomic E-state index is -3.08. The molecule has 10 heteroatoms. The molecule has 0 amide bonds. The number of likely N-dealkylation sites (tertiary alicyclic amines) is 1. The Morgan fingerprint density at radius 1 is 1.02 bits per heavy atom. The summed E-state index contributed by atoms with van der Waals surface area (Å²) in [5, 5.41) is 9.27. The van der Waals surface area contributed by atoms with Gasteiger partial charge in [-0.15, -0.1) is 0 Å². The van der Waals surface area contributed by atoms with Crippen molar-refractivity contribution in [1.29, 1.82) is 0 Å². The molecule has 3 aromatic carbocycles. The number of benzene rings is 3. The van der Waals surface area contributed by atoms with Gasteiger partial charge < -0.3 is 14.7 Å². The summed E-state index contributed by atoms with van der Waals surface area (Å²) < 4.78 is 67.5. The quantitative estimate of drug-likeness (QED) is 0.257. The van der Waals surface area contributed by atoms with E-state index < -0.39 is 42.2 Å². The van der Waals surface area contributed by atoms with Crippen molar-refractivity contribution in [3.8, 4) is 5.75 Å². The van der Waals surface area contributed by atoms with Crippen molar-refractivity contribution in [1.82, 2.24) is 9.80 Å². The normalized spacial score (nSPS) is 23.9. The molecule has 2 fully saturated rings. The number of ether oxygens (including phenoxy) is 1. The van der Waals surface area contributed by atoms with Gasteiger partial charge in [-0.2, -0.15) is 0 Å². The highest BCUT2D eigenvalue weighted by Crippen LogP contribution is 2.45. The highest BCUT2D eigenvalue weighted by molar-refractivity contribution is 5.69. The van der Waals surface area contributed by atoms with E-state index in [2.05, 4.69) is 0 Å². The summed E-state index contributed by atoms with van der Waals surface area (Å²) >= 11 is 0. The number of nitrogens with zero attached hydrogens (tertiary/aromatic N) is 3. The van der Waals surface area contributed by atoms with Crippen LogP contribution in [0, 0.1) is 17.0 Å². The van der Waals surface area contributed by atoms with E-state index in [4.69, 9.17) is 4.74 Å². The molecule has 0 bridgehead atoms. The zero-order valence-corrected chi connectivity index (χ0v) is 26.3. The van der Waals surface area contributed by atoms with Gasteiger partial charge in [0.25, 0.3) is 5.92 Å². The number of rotatable bonds is 9. The number of hydrogen-bond donors (Lipinski definition) is 1. The van der Waals surface area contributed by atoms with Crippen molar-refractivity contribution in [3.63, 3.8) is 0 Å². The van der Waals surface area contributed by atoms with Gasteiger partial charge in [0.15, 0.2) is 0 Å². The van der Waals surface area contributed by atoms with E-state index in [0.717, 1.165) is 43.9 Å². The molecule has 0 saturated carbocycles. The van der Waals surface area contributed by atoms with Crippen LogP contribution < -0.4 is 9.64 Å². The Bertz CT molecular complexity index is 1540. The largest absolute Gasteiger partial charge is 0.489 e. The zero-order chi connectivity index (χ0) is 32.6. The van der Waals surface area contributed by atoms with Crippen LogP contribution in [0.2, 0.25) is 0 Å². The minimum absolute atomic E-state index is 0.0189. The van der Waals surface area contributed by atoms with Crippen molar-refractivity contribution in [3.05, 3.63) is 94.6 Å². The number of carboxylic acids is 1. The number of hydrogen-bond acceptors (Lipinski definition) is 5. The summed E-state index contributed by atoms with van der Waals surface area (Å²) in [5.74, 6) is -4.88. The Labute approximate surface area is 267 Å². The summed E-state index contributed by atoms with van der Waals surface area (Å²) in [5.41, 5.74) is 2.43. The van der Waals surface area contributed by atoms with Crippen LogP contribution in [0.4, 0.5) is 23.2 Å². The highest BCUT2D eigenvalue weighted by atomic mass is 19.3. The molecule has 0 aliphatic carbocycles. The van der Waals surface area contributed by atoms with Crippen LogP contribution in [0.15, 0.2) is 60.7 Å². The van der Waals surface area contributed by atoms with E-state index in [1.165, 1.54) is 17.0 Å². The summed E-state index contributed by atoms with van der Waals surface area (Å²) in [6.07, 6.45) is 3.03. The Morgan fingerprint density at radius 2 is 1.76 bits per heavy atom. The van der Waals surface area contributed by atoms with Gasteiger partial charge >= 0.3 is 5.97 Å². The fourth-order valence-electron chi connectivity index (χ4n) is 7.75. The predicted octanol–water partition coefficient (Wildman–Crippen LogP) is 6.91. The summed E-state index contributed by atoms with van der Waals surface area (Å²) in [6.45, 7) is 4.86. The number of halogens is 4. The Balaban J connectivity index is 1.29. The maximum absolute atomic E-state index is 16.2. The monoisotopic (exact) mass is 639 g/mol. The Kier molecular flexibility index (Phi) is 9.04. The van der Waals surface area contributed by atoms with Crippen molar-refractivity contribution < 1.29 is 32.2 Å². The molecule has 1 N–H and O–H groups in total. The van der Waals surface area contributed by atoms with Crippen molar-refractivity contribution in [2.24, 2.45) is 5.41 Å². The maximum Gasteiger partial charge on any atom is 0.317 e. The van der Waals surface area contributed by atoms with Gasteiger partial charge in [0.2, 0.25) is 0 Å². The van der Waals surface area contributed by atoms with E-state index in [0.29, 0.717) is 49.7 Å². The third kappa shape index (κ3) is 7.03. The van der Waals surface area contributed by atoms with Gasteiger partial charge in [-0.05, 0) is 80.1 Å². The molecule has 3 atom stereocenters. The molecule has 0 radical (unpaired) electrons. The molecule has 1 spiro atoms. The average Bonchev–Trinajstić information content (AvgIpc) is 3.39. The highest BCUT2D eigenvalue weighted by Gasteiger charge is 2.43. The first-order valence-electron chi connectivity index (χ1n) is 16.0. The van der Waals surface area contributed by atoms with Gasteiger partial charge in [-0.1, -0.05) is 36.4 Å². The first-order chi connectivity index (χ1) is 21.9. The van der Waals surface area contributed by atoms with Crippen molar-refractivity contribution in [2.75, 3.05) is 44.2 Å². The lowest BCUT2D eigenvalue weighted by molar-refractivity contribution is -0.139. The Hall–Kier alpha value is -3.63. The van der Waals surface area contributed by atoms with E-state index in [1.807, 2.05) is 53.1 Å². The number of fused-ring (bicyclic) bond motifs is 1. The van der Waals surface area contributed by atoms with Crippen molar-refractivity contribution in [2.45, 2.75) is 64.1 Å². The number of carboxylic acid groups (broad SMARTS) is 1. The summed E-state index contributed by atoms with van der Waals surface area (Å²) in [6, 6.07) is 16.2. The van der Waals surface area contributed by atoms with Crippen LogP contribution in [-0.2, 0) is 17.8 Å². The SMILES string of the molecule is C[C@@H]1Cc2cc(OCc3ccccc3)ccc2C(c2c(F)cc(N3CCC4(CCCN(CC(=O)O)C4)C3)cc2F)N1CC(C)(F)F. The lowest BCUT2D eigenvalue weighted by Gasteiger charge is -2.43. The second-order valence-electron chi connectivity index (χ2n) is 13.5. The van der Waals surface area contributed by atoms with Gasteiger partial charge in [0.1, 0.15) is 24.0 Å². The molecular formula is C36H41F4N3O3. The molecule has 6 nitrogen and oxygen atoms in total. The molecular weight excluding hydrogens is 598 g/mol. The molecule has 3 aliphatic heterocycles. The molecule has 0 aromatic heterocycles. The first-order valence-corrected chi connectivity index (χ1v) is 16.0. The molecule has 2 unspecified atom stereocenters. The van der Waals surface area contributed by atoms with Crippen LogP contribution in [0.25, 0.3) is 0 Å². The Morgan fingerprint density at radius 3 is 2.46 bits per heavy atom. The zero-order valence-electron chi connectivity index (χ0n) is 26.3. The number of alkyl halides is 2. The van der Waals surface area contributed by atoms with Gasteiger partial charge in [-0.25, -0.2) is 17.6 Å². The fourth-order valence-corrected chi connectivity index (χ4v) is 7.75. The number of carbonyl (C=O) groups is 1. The van der Waals surface area contributed by atoms with Crippen molar-refractivity contribution >= 4 is 11.7 Å². The number of piperidine rings is 1. The topological polar surface area (TPSA) is 56.3 Å². The molecule has 246 valence electrons. The second-order valence-corrected chi connectivity index (χ2v) is 13.5. The molecule has 3 aliphatic rings. The van der Waals surface area contributed by atoms with Crippen LogP contribution >= 0.6 is 0 Å². The fraction of sp³-hybridized carbons (Fsp3) is 0.472.